The SMILES string of the molecule is CCc1cccc(-n2c(C(C)Cl)nc3cccnc32)c1. The molecule has 0 spiro atoms. The molecule has 102 valence electrons. The first kappa shape index (κ1) is 13.1. The molecule has 0 N–H and O–H groups in total. The van der Waals surface area contributed by atoms with Crippen molar-refractivity contribution in [3.05, 3.63) is 54.0 Å². The Morgan fingerprint density at radius 2 is 2.10 bits per heavy atom. The van der Waals surface area contributed by atoms with Gasteiger partial charge in [-0.25, -0.2) is 9.97 Å². The summed E-state index contributed by atoms with van der Waals surface area (Å²) in [5, 5.41) is -0.172. The second-order valence-corrected chi connectivity index (χ2v) is 5.45. The summed E-state index contributed by atoms with van der Waals surface area (Å²) >= 11 is 6.29. The molecule has 0 bridgehead atoms. The molecule has 2 aromatic heterocycles. The Hall–Kier alpha value is -1.87. The van der Waals surface area contributed by atoms with Crippen LogP contribution in [0.2, 0.25) is 0 Å². The van der Waals surface area contributed by atoms with Gasteiger partial charge in [0.1, 0.15) is 11.3 Å². The highest BCUT2D eigenvalue weighted by Crippen LogP contribution is 2.27. The quantitative estimate of drug-likeness (QED) is 0.672. The fraction of sp³-hybridized carbons (Fsp3) is 0.250. The molecule has 0 amide bonds. The summed E-state index contributed by atoms with van der Waals surface area (Å²) in [5.74, 6) is 0.827. The van der Waals surface area contributed by atoms with Gasteiger partial charge < -0.3 is 0 Å². The van der Waals surface area contributed by atoms with Crippen LogP contribution in [-0.4, -0.2) is 14.5 Å². The molecule has 1 aromatic carbocycles. The minimum atomic E-state index is -0.172. The molecule has 1 atom stereocenters. The zero-order valence-corrected chi connectivity index (χ0v) is 12.3. The van der Waals surface area contributed by atoms with Crippen LogP contribution in [-0.2, 0) is 6.42 Å². The molecule has 0 saturated carbocycles. The number of benzene rings is 1. The van der Waals surface area contributed by atoms with Crippen LogP contribution < -0.4 is 0 Å². The van der Waals surface area contributed by atoms with Crippen molar-refractivity contribution in [2.45, 2.75) is 25.6 Å². The van der Waals surface area contributed by atoms with Gasteiger partial charge in [0, 0.05) is 11.9 Å². The van der Waals surface area contributed by atoms with E-state index in [1.165, 1.54) is 5.56 Å². The van der Waals surface area contributed by atoms with Crippen molar-refractivity contribution in [1.29, 1.82) is 0 Å². The van der Waals surface area contributed by atoms with Crippen molar-refractivity contribution in [2.75, 3.05) is 0 Å². The Morgan fingerprint density at radius 3 is 2.85 bits per heavy atom. The van der Waals surface area contributed by atoms with E-state index in [2.05, 4.69) is 41.2 Å². The molecular weight excluding hydrogens is 270 g/mol. The predicted molar refractivity (Wildman–Crippen MR) is 82.5 cm³/mol. The first-order valence-corrected chi connectivity index (χ1v) is 7.21. The summed E-state index contributed by atoms with van der Waals surface area (Å²) in [4.78, 5) is 9.07. The fourth-order valence-corrected chi connectivity index (χ4v) is 2.51. The number of halogens is 1. The van der Waals surface area contributed by atoms with Crippen LogP contribution in [0.25, 0.3) is 16.9 Å². The molecule has 0 aliphatic heterocycles. The second-order valence-electron chi connectivity index (χ2n) is 4.79. The summed E-state index contributed by atoms with van der Waals surface area (Å²) in [5.41, 5.74) is 4.07. The number of nitrogens with zero attached hydrogens (tertiary/aromatic N) is 3. The van der Waals surface area contributed by atoms with Gasteiger partial charge >= 0.3 is 0 Å². The highest BCUT2D eigenvalue weighted by Gasteiger charge is 2.16. The zero-order chi connectivity index (χ0) is 14.1. The molecule has 4 heteroatoms. The smallest absolute Gasteiger partial charge is 0.164 e. The van der Waals surface area contributed by atoms with E-state index in [0.29, 0.717) is 0 Å². The molecule has 20 heavy (non-hydrogen) atoms. The Bertz CT molecular complexity index is 746. The van der Waals surface area contributed by atoms with Crippen molar-refractivity contribution in [1.82, 2.24) is 14.5 Å². The first-order chi connectivity index (χ1) is 9.70. The molecule has 3 rings (SSSR count). The minimum absolute atomic E-state index is 0.172. The Balaban J connectivity index is 2.30. The summed E-state index contributed by atoms with van der Waals surface area (Å²) in [6, 6.07) is 12.3. The van der Waals surface area contributed by atoms with Gasteiger partial charge in [-0.3, -0.25) is 4.57 Å². The average Bonchev–Trinajstić information content (AvgIpc) is 2.87. The third kappa shape index (κ3) is 2.18. The lowest BCUT2D eigenvalue weighted by Gasteiger charge is -2.11. The number of rotatable bonds is 3. The van der Waals surface area contributed by atoms with Gasteiger partial charge in [0.2, 0.25) is 0 Å². The number of hydrogen-bond donors (Lipinski definition) is 0. The maximum atomic E-state index is 6.29. The third-order valence-electron chi connectivity index (χ3n) is 3.37. The van der Waals surface area contributed by atoms with E-state index in [4.69, 9.17) is 11.6 Å². The van der Waals surface area contributed by atoms with Crippen molar-refractivity contribution in [2.24, 2.45) is 0 Å². The highest BCUT2D eigenvalue weighted by molar-refractivity contribution is 6.20. The van der Waals surface area contributed by atoms with E-state index in [-0.39, 0.29) is 5.38 Å². The summed E-state index contributed by atoms with van der Waals surface area (Å²) in [6.07, 6.45) is 2.78. The first-order valence-electron chi connectivity index (χ1n) is 6.77. The molecule has 2 heterocycles. The maximum Gasteiger partial charge on any atom is 0.164 e. The second kappa shape index (κ2) is 5.25. The Kier molecular flexibility index (Phi) is 3.45. The highest BCUT2D eigenvalue weighted by atomic mass is 35.5. The molecule has 0 radical (unpaired) electrons. The standard InChI is InChI=1S/C16H16ClN3/c1-3-12-6-4-7-13(10-12)20-15(11(2)17)19-14-8-5-9-18-16(14)20/h4-11H,3H2,1-2H3. The largest absolute Gasteiger partial charge is 0.279 e. The molecule has 1 unspecified atom stereocenters. The van der Waals surface area contributed by atoms with Gasteiger partial charge in [0.05, 0.1) is 5.38 Å². The van der Waals surface area contributed by atoms with E-state index in [9.17, 15) is 0 Å². The van der Waals surface area contributed by atoms with Crippen LogP contribution in [0.4, 0.5) is 0 Å². The summed E-state index contributed by atoms with van der Waals surface area (Å²) in [6.45, 7) is 4.08. The lowest BCUT2D eigenvalue weighted by molar-refractivity contribution is 0.875. The molecule has 0 fully saturated rings. The average molecular weight is 286 g/mol. The molecule has 3 aromatic rings. The molecule has 0 aliphatic carbocycles. The predicted octanol–water partition coefficient (Wildman–Crippen LogP) is 4.28. The van der Waals surface area contributed by atoms with Gasteiger partial charge in [-0.1, -0.05) is 19.1 Å². The van der Waals surface area contributed by atoms with Crippen LogP contribution in [0.3, 0.4) is 0 Å². The third-order valence-corrected chi connectivity index (χ3v) is 3.57. The van der Waals surface area contributed by atoms with Crippen LogP contribution in [0.1, 0.15) is 30.6 Å². The molecule has 0 saturated heterocycles. The number of aryl methyl sites for hydroxylation is 1. The van der Waals surface area contributed by atoms with Crippen LogP contribution in [0, 0.1) is 0 Å². The Morgan fingerprint density at radius 1 is 1.25 bits per heavy atom. The molecule has 0 aliphatic rings. The minimum Gasteiger partial charge on any atom is -0.279 e. The summed E-state index contributed by atoms with van der Waals surface area (Å²) in [7, 11) is 0. The van der Waals surface area contributed by atoms with E-state index in [1.54, 1.807) is 6.20 Å². The van der Waals surface area contributed by atoms with Gasteiger partial charge in [0.25, 0.3) is 0 Å². The van der Waals surface area contributed by atoms with E-state index in [1.807, 2.05) is 23.6 Å². The lowest BCUT2D eigenvalue weighted by Crippen LogP contribution is -2.03. The van der Waals surface area contributed by atoms with Gasteiger partial charge in [-0.2, -0.15) is 0 Å². The van der Waals surface area contributed by atoms with E-state index >= 15 is 0 Å². The van der Waals surface area contributed by atoms with Gasteiger partial charge in [0.15, 0.2) is 5.65 Å². The number of imidazole rings is 1. The van der Waals surface area contributed by atoms with Gasteiger partial charge in [-0.05, 0) is 43.2 Å². The lowest BCUT2D eigenvalue weighted by atomic mass is 10.1. The Labute approximate surface area is 123 Å². The van der Waals surface area contributed by atoms with Crippen LogP contribution in [0.15, 0.2) is 42.6 Å². The maximum absolute atomic E-state index is 6.29. The topological polar surface area (TPSA) is 30.7 Å². The number of alkyl halides is 1. The number of pyridine rings is 1. The fourth-order valence-electron chi connectivity index (χ4n) is 2.37. The molecular formula is C16H16ClN3. The monoisotopic (exact) mass is 285 g/mol. The van der Waals surface area contributed by atoms with Crippen molar-refractivity contribution in [3.8, 4) is 5.69 Å². The number of aromatic nitrogens is 3. The van der Waals surface area contributed by atoms with Crippen LogP contribution in [0.5, 0.6) is 0 Å². The zero-order valence-electron chi connectivity index (χ0n) is 11.5. The van der Waals surface area contributed by atoms with Crippen molar-refractivity contribution < 1.29 is 0 Å². The van der Waals surface area contributed by atoms with Crippen molar-refractivity contribution >= 4 is 22.8 Å². The van der Waals surface area contributed by atoms with Crippen LogP contribution >= 0.6 is 11.6 Å². The normalized spacial score (nSPS) is 12.8. The number of fused-ring (bicyclic) bond motifs is 1. The van der Waals surface area contributed by atoms with E-state index in [0.717, 1.165) is 29.1 Å². The number of hydrogen-bond acceptors (Lipinski definition) is 2. The van der Waals surface area contributed by atoms with E-state index < -0.39 is 0 Å². The van der Waals surface area contributed by atoms with Gasteiger partial charge in [-0.15, -0.1) is 11.6 Å². The molecule has 3 nitrogen and oxygen atoms in total. The summed E-state index contributed by atoms with van der Waals surface area (Å²) < 4.78 is 2.05. The van der Waals surface area contributed by atoms with Crippen molar-refractivity contribution in [3.63, 3.8) is 0 Å².